The highest BCUT2D eigenvalue weighted by Gasteiger charge is 2.27. The van der Waals surface area contributed by atoms with Gasteiger partial charge in [-0.15, -0.1) is 0 Å². The summed E-state index contributed by atoms with van der Waals surface area (Å²) in [6, 6.07) is 10.3. The lowest BCUT2D eigenvalue weighted by Gasteiger charge is -2.34. The van der Waals surface area contributed by atoms with Crippen molar-refractivity contribution in [2.75, 3.05) is 29.6 Å². The summed E-state index contributed by atoms with van der Waals surface area (Å²) in [5, 5.41) is 13.0. The van der Waals surface area contributed by atoms with Gasteiger partial charge in [-0.25, -0.2) is 23.1 Å². The van der Waals surface area contributed by atoms with Crippen LogP contribution in [0.1, 0.15) is 64.5 Å². The van der Waals surface area contributed by atoms with Gasteiger partial charge in [0.05, 0.1) is 34.5 Å². The molecule has 4 aromatic rings. The van der Waals surface area contributed by atoms with Crippen LogP contribution in [0.2, 0.25) is 5.15 Å². The molecule has 0 unspecified atom stereocenters. The van der Waals surface area contributed by atoms with E-state index in [0.717, 1.165) is 30.2 Å². The van der Waals surface area contributed by atoms with Crippen molar-refractivity contribution in [3.63, 3.8) is 0 Å². The number of hydrogen-bond acceptors (Lipinski definition) is 10. The maximum Gasteiger partial charge on any atom is 0.285 e. The Morgan fingerprint density at radius 3 is 2.70 bits per heavy atom. The average molecular weight is 635 g/mol. The van der Waals surface area contributed by atoms with Crippen molar-refractivity contribution in [3.8, 4) is 6.07 Å². The van der Waals surface area contributed by atoms with Crippen LogP contribution in [-0.4, -0.2) is 53.2 Å². The first-order chi connectivity index (χ1) is 20.8. The van der Waals surface area contributed by atoms with Crippen LogP contribution >= 0.6 is 11.6 Å². The summed E-state index contributed by atoms with van der Waals surface area (Å²) in [4.78, 5) is 41.9. The molecule has 14 heteroatoms. The van der Waals surface area contributed by atoms with Crippen molar-refractivity contribution < 1.29 is 13.2 Å². The van der Waals surface area contributed by atoms with Gasteiger partial charge < -0.3 is 10.2 Å². The lowest BCUT2D eigenvalue weighted by molar-refractivity contribution is 0.0977. The van der Waals surface area contributed by atoms with E-state index in [1.54, 1.807) is 36.1 Å². The van der Waals surface area contributed by atoms with Gasteiger partial charge in [0, 0.05) is 44.0 Å². The van der Waals surface area contributed by atoms with Crippen molar-refractivity contribution in [3.05, 3.63) is 86.2 Å². The van der Waals surface area contributed by atoms with Crippen molar-refractivity contribution in [1.29, 1.82) is 5.26 Å². The fraction of sp³-hybridized carbons (Fsp3) is 0.333. The molecule has 5 rings (SSSR count). The number of benzene rings is 1. The normalized spacial score (nSPS) is 15.9. The Balaban J connectivity index is 1.53. The van der Waals surface area contributed by atoms with Gasteiger partial charge in [-0.3, -0.25) is 19.1 Å². The summed E-state index contributed by atoms with van der Waals surface area (Å²) >= 11 is 6.03. The largest absolute Gasteiger partial charge is 0.377 e. The van der Waals surface area contributed by atoms with E-state index >= 15 is 0 Å². The van der Waals surface area contributed by atoms with E-state index < -0.39 is 22.0 Å². The van der Waals surface area contributed by atoms with Gasteiger partial charge in [0.2, 0.25) is 16.0 Å². The number of aromatic nitrogens is 4. The molecular formula is C30H31ClN8O4S. The summed E-state index contributed by atoms with van der Waals surface area (Å²) in [5.41, 5.74) is 3.42. The highest BCUT2D eigenvalue weighted by molar-refractivity contribution is 7.89. The van der Waals surface area contributed by atoms with E-state index in [4.69, 9.17) is 16.6 Å². The highest BCUT2D eigenvalue weighted by Crippen LogP contribution is 2.32. The SMILES string of the molecule is Cc1cc([C@@H](C)Nc2ccc(Cl)nc2C(=O)NS(C)(=O)=O)c2nc(N3CCC[C@@H](c4cncc(C#N)c4)C3)n(C)c(=O)c2c1. The molecule has 3 aromatic heterocycles. The van der Waals surface area contributed by atoms with E-state index in [1.165, 1.54) is 6.07 Å². The Kier molecular flexibility index (Phi) is 8.58. The maximum atomic E-state index is 13.7. The van der Waals surface area contributed by atoms with Crippen LogP contribution < -0.4 is 20.5 Å². The van der Waals surface area contributed by atoms with Gasteiger partial charge in [-0.2, -0.15) is 5.26 Å². The van der Waals surface area contributed by atoms with E-state index in [2.05, 4.69) is 26.3 Å². The summed E-state index contributed by atoms with van der Waals surface area (Å²) in [5.74, 6) is -0.289. The van der Waals surface area contributed by atoms with E-state index in [0.29, 0.717) is 41.1 Å². The topological polar surface area (TPSA) is 163 Å². The lowest BCUT2D eigenvalue weighted by Crippen LogP contribution is -2.39. The van der Waals surface area contributed by atoms with Gasteiger partial charge in [0.25, 0.3) is 11.5 Å². The van der Waals surface area contributed by atoms with Gasteiger partial charge in [-0.05, 0) is 62.1 Å². The molecule has 1 fully saturated rings. The third-order valence-corrected chi connectivity index (χ3v) is 8.35. The number of aryl methyl sites for hydroxylation is 1. The number of rotatable bonds is 7. The second-order valence-electron chi connectivity index (χ2n) is 11.0. The van der Waals surface area contributed by atoms with Crippen LogP contribution in [0, 0.1) is 18.3 Å². The number of hydrogen-bond donors (Lipinski definition) is 2. The Morgan fingerprint density at radius 2 is 1.98 bits per heavy atom. The van der Waals surface area contributed by atoms with Gasteiger partial charge in [0.15, 0.2) is 5.69 Å². The molecule has 1 aromatic carbocycles. The minimum Gasteiger partial charge on any atom is -0.377 e. The molecule has 0 aliphatic carbocycles. The first kappa shape index (κ1) is 30.9. The number of carbonyl (C=O) groups excluding carboxylic acids is 1. The zero-order valence-electron chi connectivity index (χ0n) is 24.6. The smallest absolute Gasteiger partial charge is 0.285 e. The molecule has 2 atom stereocenters. The molecule has 1 amide bonds. The Morgan fingerprint density at radius 1 is 1.20 bits per heavy atom. The average Bonchev–Trinajstić information content (AvgIpc) is 2.99. The van der Waals surface area contributed by atoms with Gasteiger partial charge >= 0.3 is 0 Å². The molecule has 1 aliphatic rings. The molecule has 228 valence electrons. The zero-order valence-corrected chi connectivity index (χ0v) is 26.2. The first-order valence-corrected chi connectivity index (χ1v) is 16.2. The second kappa shape index (κ2) is 12.2. The molecule has 0 saturated carbocycles. The number of carbonyl (C=O) groups is 1. The van der Waals surface area contributed by atoms with Crippen LogP contribution in [-0.2, 0) is 17.1 Å². The summed E-state index contributed by atoms with van der Waals surface area (Å²) < 4.78 is 26.9. The minimum atomic E-state index is -3.85. The number of piperidine rings is 1. The summed E-state index contributed by atoms with van der Waals surface area (Å²) in [6.45, 7) is 5.05. The number of nitrogens with one attached hydrogen (secondary N) is 2. The maximum absolute atomic E-state index is 13.7. The quantitative estimate of drug-likeness (QED) is 0.286. The number of amides is 1. The molecule has 4 heterocycles. The fourth-order valence-corrected chi connectivity index (χ4v) is 6.16. The molecule has 2 N–H and O–H groups in total. The van der Waals surface area contributed by atoms with Crippen LogP contribution in [0.4, 0.5) is 11.6 Å². The monoisotopic (exact) mass is 634 g/mol. The summed E-state index contributed by atoms with van der Waals surface area (Å²) in [6.07, 6.45) is 5.99. The molecule has 0 bridgehead atoms. The first-order valence-electron chi connectivity index (χ1n) is 13.9. The number of halogens is 1. The number of nitriles is 1. The van der Waals surface area contributed by atoms with Crippen LogP contribution in [0.25, 0.3) is 10.9 Å². The molecule has 0 spiro atoms. The molecular weight excluding hydrogens is 604 g/mol. The molecule has 1 aliphatic heterocycles. The van der Waals surface area contributed by atoms with E-state index in [9.17, 15) is 23.3 Å². The number of pyridine rings is 2. The van der Waals surface area contributed by atoms with Crippen LogP contribution in [0.3, 0.4) is 0 Å². The van der Waals surface area contributed by atoms with Crippen LogP contribution in [0.5, 0.6) is 0 Å². The van der Waals surface area contributed by atoms with Crippen molar-refractivity contribution >= 4 is 50.1 Å². The van der Waals surface area contributed by atoms with Gasteiger partial charge in [0.1, 0.15) is 11.2 Å². The minimum absolute atomic E-state index is 0.0210. The standard InChI is InChI=1S/C30H31ClN8O4S/c1-17-10-22(18(2)34-24-7-8-25(31)35-27(24)28(40)37-44(4,42)43)26-23(11-17)29(41)38(3)30(36-26)39-9-5-6-20(16-39)21-12-19(13-32)14-33-15-21/h7-8,10-12,14-15,18,20,34H,5-6,9,16H2,1-4H3,(H,37,40)/t18-,20-/m1/s1. The predicted molar refractivity (Wildman–Crippen MR) is 168 cm³/mol. The Labute approximate surface area is 259 Å². The second-order valence-corrected chi connectivity index (χ2v) is 13.2. The third-order valence-electron chi connectivity index (χ3n) is 7.59. The van der Waals surface area contributed by atoms with Crippen LogP contribution in [0.15, 0.2) is 47.5 Å². The lowest BCUT2D eigenvalue weighted by atomic mass is 9.91. The van der Waals surface area contributed by atoms with E-state index in [-0.39, 0.29) is 28.0 Å². The predicted octanol–water partition coefficient (Wildman–Crippen LogP) is 3.80. The number of nitrogens with zero attached hydrogens (tertiary/aromatic N) is 6. The van der Waals surface area contributed by atoms with E-state index in [1.807, 2.05) is 30.7 Å². The van der Waals surface area contributed by atoms with Gasteiger partial charge in [-0.1, -0.05) is 17.7 Å². The Hall–Kier alpha value is -4.54. The van der Waals surface area contributed by atoms with Crippen molar-refractivity contribution in [2.45, 2.75) is 38.6 Å². The summed E-state index contributed by atoms with van der Waals surface area (Å²) in [7, 11) is -2.14. The fourth-order valence-electron chi connectivity index (χ4n) is 5.58. The molecule has 12 nitrogen and oxygen atoms in total. The van der Waals surface area contributed by atoms with Crippen molar-refractivity contribution in [2.24, 2.45) is 7.05 Å². The molecule has 44 heavy (non-hydrogen) atoms. The number of anilines is 2. The molecule has 1 saturated heterocycles. The van der Waals surface area contributed by atoms with Crippen molar-refractivity contribution in [1.82, 2.24) is 24.2 Å². The molecule has 0 radical (unpaired) electrons. The number of fused-ring (bicyclic) bond motifs is 1. The highest BCUT2D eigenvalue weighted by atomic mass is 35.5. The Bertz CT molecular complexity index is 1990. The third kappa shape index (κ3) is 6.51. The number of sulfonamides is 1. The zero-order chi connectivity index (χ0) is 31.8.